The van der Waals surface area contributed by atoms with Crippen LogP contribution >= 0.6 is 23.2 Å². The molecule has 1 fully saturated rings. The molecule has 0 aromatic heterocycles. The number of nitrogens with zero attached hydrogens (tertiary/aromatic N) is 1. The maximum atomic E-state index is 12.8. The van der Waals surface area contributed by atoms with E-state index in [1.54, 1.807) is 36.4 Å². The molecule has 0 spiro atoms. The summed E-state index contributed by atoms with van der Waals surface area (Å²) in [6.45, 7) is 3.72. The number of fused-ring (bicyclic) bond motifs is 1. The van der Waals surface area contributed by atoms with Gasteiger partial charge in [0.1, 0.15) is 11.5 Å². The minimum Gasteiger partial charge on any atom is -0.507 e. The lowest BCUT2D eigenvalue weighted by molar-refractivity contribution is 0.101. The van der Waals surface area contributed by atoms with Crippen LogP contribution in [0.2, 0.25) is 10.0 Å². The molecule has 0 saturated carbocycles. The Bertz CT molecular complexity index is 970. The summed E-state index contributed by atoms with van der Waals surface area (Å²) in [5, 5.41) is 11.4. The first-order chi connectivity index (χ1) is 13.4. The second kappa shape index (κ2) is 7.78. The smallest absolute Gasteiger partial charge is 0.231 e. The summed E-state index contributed by atoms with van der Waals surface area (Å²) in [6, 6.07) is 8.69. The Morgan fingerprint density at radius 1 is 1.25 bits per heavy atom. The van der Waals surface area contributed by atoms with Crippen molar-refractivity contribution in [1.82, 2.24) is 4.90 Å². The highest BCUT2D eigenvalue weighted by molar-refractivity contribution is 6.35. The van der Waals surface area contributed by atoms with E-state index in [2.05, 4.69) is 11.8 Å². The summed E-state index contributed by atoms with van der Waals surface area (Å²) in [5.41, 5.74) is 1.77. The Balaban J connectivity index is 1.67. The van der Waals surface area contributed by atoms with Crippen molar-refractivity contribution in [2.75, 3.05) is 6.54 Å². The van der Waals surface area contributed by atoms with E-state index in [-0.39, 0.29) is 17.3 Å². The van der Waals surface area contributed by atoms with E-state index in [0.29, 0.717) is 45.1 Å². The zero-order chi connectivity index (χ0) is 19.8. The monoisotopic (exact) mass is 417 g/mol. The van der Waals surface area contributed by atoms with Crippen LogP contribution in [0.5, 0.6) is 11.5 Å². The van der Waals surface area contributed by atoms with Crippen LogP contribution < -0.4 is 4.74 Å². The molecular formula is C22H21Cl2NO3. The van der Waals surface area contributed by atoms with Crippen LogP contribution in [0.15, 0.2) is 36.1 Å². The molecule has 6 heteroatoms. The number of phenolic OH excluding ortho intramolecular Hbond substituents is 1. The van der Waals surface area contributed by atoms with E-state index in [0.717, 1.165) is 19.4 Å². The molecule has 0 unspecified atom stereocenters. The number of carbonyl (C=O) groups is 1. The van der Waals surface area contributed by atoms with E-state index < -0.39 is 0 Å². The van der Waals surface area contributed by atoms with Crippen molar-refractivity contribution in [3.05, 3.63) is 62.8 Å². The average molecular weight is 418 g/mol. The lowest BCUT2D eigenvalue weighted by atomic mass is 10.0. The van der Waals surface area contributed by atoms with Crippen LogP contribution in [0.25, 0.3) is 6.08 Å². The van der Waals surface area contributed by atoms with E-state index in [4.69, 9.17) is 27.9 Å². The lowest BCUT2D eigenvalue weighted by Gasteiger charge is -2.33. The first kappa shape index (κ1) is 19.3. The number of rotatable bonds is 3. The molecule has 1 atom stereocenters. The summed E-state index contributed by atoms with van der Waals surface area (Å²) in [4.78, 5) is 15.2. The van der Waals surface area contributed by atoms with Crippen molar-refractivity contribution < 1.29 is 14.6 Å². The highest BCUT2D eigenvalue weighted by Crippen LogP contribution is 2.41. The van der Waals surface area contributed by atoms with Gasteiger partial charge in [-0.15, -0.1) is 0 Å². The van der Waals surface area contributed by atoms with Crippen LogP contribution in [0, 0.1) is 0 Å². The number of ether oxygens (including phenoxy) is 1. The van der Waals surface area contributed by atoms with Gasteiger partial charge >= 0.3 is 0 Å². The van der Waals surface area contributed by atoms with Crippen molar-refractivity contribution in [3.63, 3.8) is 0 Å². The van der Waals surface area contributed by atoms with Gasteiger partial charge in [0.05, 0.1) is 11.1 Å². The molecule has 4 nitrogen and oxygen atoms in total. The summed E-state index contributed by atoms with van der Waals surface area (Å²) in [6.07, 6.45) is 5.11. The second-order valence-electron chi connectivity index (χ2n) is 7.36. The highest BCUT2D eigenvalue weighted by Gasteiger charge is 2.32. The number of hydrogen-bond donors (Lipinski definition) is 1. The van der Waals surface area contributed by atoms with E-state index in [9.17, 15) is 9.90 Å². The fourth-order valence-corrected chi connectivity index (χ4v) is 4.27. The molecule has 146 valence electrons. The fraction of sp³-hybridized carbons (Fsp3) is 0.318. The van der Waals surface area contributed by atoms with Crippen molar-refractivity contribution in [3.8, 4) is 11.5 Å². The predicted octanol–water partition coefficient (Wildman–Crippen LogP) is 5.69. The van der Waals surface area contributed by atoms with Crippen LogP contribution in [0.4, 0.5) is 0 Å². The van der Waals surface area contributed by atoms with Gasteiger partial charge in [0.25, 0.3) is 0 Å². The van der Waals surface area contributed by atoms with Crippen molar-refractivity contribution in [2.24, 2.45) is 0 Å². The SMILES string of the molecule is C[C@H]1CCCCN1Cc1c(O)ccc2c1O/C(=C\c1ccc(Cl)cc1Cl)C2=O. The summed E-state index contributed by atoms with van der Waals surface area (Å²) < 4.78 is 5.93. The van der Waals surface area contributed by atoms with Gasteiger partial charge < -0.3 is 9.84 Å². The standard InChI is InChI=1S/C22H21Cl2NO3/c1-13-4-2-3-9-25(13)12-17-19(26)8-7-16-21(27)20(28-22(16)17)10-14-5-6-15(23)11-18(14)24/h5-8,10-11,13,26H,2-4,9,12H2,1H3/b20-10-/t13-/m0/s1. The van der Waals surface area contributed by atoms with Gasteiger partial charge in [0, 0.05) is 22.6 Å². The van der Waals surface area contributed by atoms with E-state index in [1.165, 1.54) is 6.42 Å². The van der Waals surface area contributed by atoms with Crippen LogP contribution in [0.1, 0.15) is 47.7 Å². The van der Waals surface area contributed by atoms with Crippen LogP contribution in [-0.2, 0) is 6.54 Å². The molecule has 28 heavy (non-hydrogen) atoms. The summed E-state index contributed by atoms with van der Waals surface area (Å²) in [5.74, 6) is 0.570. The molecular weight excluding hydrogens is 397 g/mol. The normalized spacial score (nSPS) is 21.0. The molecule has 2 aliphatic heterocycles. The second-order valence-corrected chi connectivity index (χ2v) is 8.20. The van der Waals surface area contributed by atoms with Crippen LogP contribution in [0.3, 0.4) is 0 Å². The quantitative estimate of drug-likeness (QED) is 0.651. The number of likely N-dealkylation sites (tertiary alicyclic amines) is 1. The largest absolute Gasteiger partial charge is 0.507 e. The maximum Gasteiger partial charge on any atom is 0.231 e. The Morgan fingerprint density at radius 3 is 2.82 bits per heavy atom. The van der Waals surface area contributed by atoms with Gasteiger partial charge in [-0.05, 0) is 62.2 Å². The first-order valence-corrected chi connectivity index (χ1v) is 10.2. The molecule has 1 N–H and O–H groups in total. The van der Waals surface area contributed by atoms with Crippen molar-refractivity contribution in [1.29, 1.82) is 0 Å². The molecule has 4 rings (SSSR count). The van der Waals surface area contributed by atoms with Gasteiger partial charge in [-0.25, -0.2) is 0 Å². The number of phenols is 1. The van der Waals surface area contributed by atoms with Gasteiger partial charge in [-0.3, -0.25) is 9.69 Å². The average Bonchev–Trinajstić information content (AvgIpc) is 2.97. The Morgan fingerprint density at radius 2 is 2.07 bits per heavy atom. The molecule has 0 bridgehead atoms. The van der Waals surface area contributed by atoms with Crippen molar-refractivity contribution in [2.45, 2.75) is 38.8 Å². The molecule has 0 aliphatic carbocycles. The fourth-order valence-electron chi connectivity index (χ4n) is 3.81. The number of benzene rings is 2. The van der Waals surface area contributed by atoms with Gasteiger partial charge in [-0.1, -0.05) is 35.7 Å². The molecule has 1 saturated heterocycles. The zero-order valence-electron chi connectivity index (χ0n) is 15.5. The minimum atomic E-state index is -0.214. The Hall–Kier alpha value is -2.01. The number of hydrogen-bond acceptors (Lipinski definition) is 4. The van der Waals surface area contributed by atoms with Crippen LogP contribution in [-0.4, -0.2) is 28.4 Å². The molecule has 0 amide bonds. The molecule has 2 aromatic rings. The topological polar surface area (TPSA) is 49.8 Å². The predicted molar refractivity (Wildman–Crippen MR) is 111 cm³/mol. The number of piperidine rings is 1. The number of carbonyl (C=O) groups excluding carboxylic acids is 1. The number of aromatic hydroxyl groups is 1. The summed E-state index contributed by atoms with van der Waals surface area (Å²) >= 11 is 12.2. The van der Waals surface area contributed by atoms with Gasteiger partial charge in [0.15, 0.2) is 5.76 Å². The molecule has 0 radical (unpaired) electrons. The third-order valence-corrected chi connectivity index (χ3v) is 6.03. The third kappa shape index (κ3) is 3.64. The Kier molecular flexibility index (Phi) is 5.37. The zero-order valence-corrected chi connectivity index (χ0v) is 17.1. The van der Waals surface area contributed by atoms with Gasteiger partial charge in [0.2, 0.25) is 5.78 Å². The third-order valence-electron chi connectivity index (χ3n) is 5.47. The molecule has 2 aliphatic rings. The van der Waals surface area contributed by atoms with Gasteiger partial charge in [-0.2, -0.15) is 0 Å². The van der Waals surface area contributed by atoms with E-state index in [1.807, 2.05) is 0 Å². The highest BCUT2D eigenvalue weighted by atomic mass is 35.5. The molecule has 2 heterocycles. The van der Waals surface area contributed by atoms with Crippen molar-refractivity contribution >= 4 is 35.1 Å². The minimum absolute atomic E-state index is 0.148. The van der Waals surface area contributed by atoms with E-state index >= 15 is 0 Å². The first-order valence-electron chi connectivity index (χ1n) is 9.42. The lowest BCUT2D eigenvalue weighted by Crippen LogP contribution is -2.36. The Labute approximate surface area is 174 Å². The number of Topliss-reactive ketones (excluding diaryl/α,β-unsaturated/α-hetero) is 1. The number of ketones is 1. The maximum absolute atomic E-state index is 12.8. The molecule has 2 aromatic carbocycles. The summed E-state index contributed by atoms with van der Waals surface area (Å²) in [7, 11) is 0. The number of halogens is 2. The number of allylic oxidation sites excluding steroid dienone is 1.